The Kier molecular flexibility index (Phi) is 4.11. The van der Waals surface area contributed by atoms with Gasteiger partial charge in [-0.15, -0.1) is 10.2 Å². The predicted octanol–water partition coefficient (Wildman–Crippen LogP) is 0.987. The number of hydrogen-bond acceptors (Lipinski definition) is 5. The van der Waals surface area contributed by atoms with Crippen molar-refractivity contribution >= 4 is 0 Å². The van der Waals surface area contributed by atoms with Gasteiger partial charge in [0.05, 0.1) is 7.05 Å². The van der Waals surface area contributed by atoms with E-state index >= 15 is 0 Å². The van der Waals surface area contributed by atoms with Crippen molar-refractivity contribution in [3.05, 3.63) is 35.2 Å². The van der Waals surface area contributed by atoms with Gasteiger partial charge in [0, 0.05) is 6.04 Å². The van der Waals surface area contributed by atoms with Crippen LogP contribution in [0.15, 0.2) is 18.2 Å². The zero-order chi connectivity index (χ0) is 13.8. The predicted molar refractivity (Wildman–Crippen MR) is 71.7 cm³/mol. The van der Waals surface area contributed by atoms with E-state index in [1.54, 1.807) is 7.05 Å². The topological polar surface area (TPSA) is 78.9 Å². The van der Waals surface area contributed by atoms with E-state index in [1.165, 1.54) is 4.80 Å². The van der Waals surface area contributed by atoms with Crippen molar-refractivity contribution in [2.75, 3.05) is 0 Å². The minimum Gasteiger partial charge on any atom is -0.485 e. The zero-order valence-corrected chi connectivity index (χ0v) is 11.5. The molecule has 6 heteroatoms. The molecule has 0 aliphatic carbocycles. The van der Waals surface area contributed by atoms with E-state index in [2.05, 4.69) is 15.4 Å². The molecule has 0 bridgehead atoms. The van der Waals surface area contributed by atoms with Crippen LogP contribution < -0.4 is 10.5 Å². The van der Waals surface area contributed by atoms with Crippen LogP contribution in [0.25, 0.3) is 0 Å². The molecule has 1 aromatic carbocycles. The maximum absolute atomic E-state index is 5.86. The minimum atomic E-state index is 0.0961. The van der Waals surface area contributed by atoms with Crippen molar-refractivity contribution in [3.63, 3.8) is 0 Å². The Bertz CT molecular complexity index is 550. The van der Waals surface area contributed by atoms with Crippen LogP contribution in [0, 0.1) is 6.92 Å². The van der Waals surface area contributed by atoms with Crippen LogP contribution in [0.1, 0.15) is 23.9 Å². The molecule has 0 amide bonds. The highest BCUT2D eigenvalue weighted by molar-refractivity contribution is 5.41. The summed E-state index contributed by atoms with van der Waals surface area (Å²) in [7, 11) is 1.73. The van der Waals surface area contributed by atoms with E-state index in [0.29, 0.717) is 12.4 Å². The van der Waals surface area contributed by atoms with Crippen molar-refractivity contribution in [2.24, 2.45) is 12.8 Å². The second-order valence-corrected chi connectivity index (χ2v) is 4.73. The normalized spacial score (nSPS) is 12.4. The lowest BCUT2D eigenvalue weighted by molar-refractivity contribution is 0.289. The van der Waals surface area contributed by atoms with E-state index in [-0.39, 0.29) is 6.04 Å². The summed E-state index contributed by atoms with van der Waals surface area (Å²) in [4.78, 5) is 1.42. The van der Waals surface area contributed by atoms with Gasteiger partial charge in [-0.25, -0.2) is 0 Å². The molecule has 1 heterocycles. The second kappa shape index (κ2) is 5.79. The van der Waals surface area contributed by atoms with Gasteiger partial charge in [-0.05, 0) is 36.6 Å². The summed E-state index contributed by atoms with van der Waals surface area (Å²) in [5.41, 5.74) is 8.06. The Morgan fingerprint density at radius 3 is 2.84 bits per heavy atom. The molecule has 0 spiro atoms. The zero-order valence-electron chi connectivity index (χ0n) is 11.5. The molecule has 2 aromatic rings. The van der Waals surface area contributed by atoms with Gasteiger partial charge in [-0.3, -0.25) is 0 Å². The molecule has 0 fully saturated rings. The van der Waals surface area contributed by atoms with Gasteiger partial charge >= 0.3 is 0 Å². The smallest absolute Gasteiger partial charge is 0.212 e. The van der Waals surface area contributed by atoms with Crippen LogP contribution in [-0.4, -0.2) is 26.2 Å². The van der Waals surface area contributed by atoms with Crippen LogP contribution in [0.4, 0.5) is 0 Å². The quantitative estimate of drug-likeness (QED) is 0.868. The summed E-state index contributed by atoms with van der Waals surface area (Å²) in [5, 5.41) is 11.8. The first-order valence-electron chi connectivity index (χ1n) is 6.26. The highest BCUT2D eigenvalue weighted by atomic mass is 16.5. The average Bonchev–Trinajstić information content (AvgIpc) is 2.73. The summed E-state index contributed by atoms with van der Waals surface area (Å²) < 4.78 is 5.83. The number of rotatable bonds is 5. The van der Waals surface area contributed by atoms with E-state index < -0.39 is 0 Å². The molecule has 2 N–H and O–H groups in total. The van der Waals surface area contributed by atoms with E-state index in [4.69, 9.17) is 10.5 Å². The first-order chi connectivity index (χ1) is 9.06. The van der Waals surface area contributed by atoms with Crippen molar-refractivity contribution < 1.29 is 4.74 Å². The molecule has 0 aliphatic heterocycles. The monoisotopic (exact) mass is 261 g/mol. The molecule has 2 rings (SSSR count). The molecule has 0 saturated carbocycles. The third-order valence-corrected chi connectivity index (χ3v) is 2.73. The number of benzene rings is 1. The van der Waals surface area contributed by atoms with Gasteiger partial charge < -0.3 is 10.5 Å². The van der Waals surface area contributed by atoms with Crippen LogP contribution in [-0.2, 0) is 20.1 Å². The third-order valence-electron chi connectivity index (χ3n) is 2.73. The van der Waals surface area contributed by atoms with Crippen molar-refractivity contribution in [1.29, 1.82) is 0 Å². The molecule has 1 aromatic heterocycles. The van der Waals surface area contributed by atoms with Crippen molar-refractivity contribution in [3.8, 4) is 5.75 Å². The highest BCUT2D eigenvalue weighted by Crippen LogP contribution is 2.25. The molecule has 6 nitrogen and oxygen atoms in total. The number of ether oxygens (including phenoxy) is 1. The molecule has 1 unspecified atom stereocenters. The van der Waals surface area contributed by atoms with E-state index in [1.807, 2.05) is 32.0 Å². The molecule has 0 aliphatic rings. The number of aryl methyl sites for hydroxylation is 2. The Morgan fingerprint density at radius 2 is 2.21 bits per heavy atom. The Balaban J connectivity index is 2.14. The van der Waals surface area contributed by atoms with E-state index in [9.17, 15) is 0 Å². The number of para-hydroxylation sites is 1. The molecule has 102 valence electrons. The standard InChI is InChI=1S/C13H19N5O/c1-9-5-4-6-11(7-10(2)14)13(9)19-8-12-15-17-18(3)16-12/h4-6,10H,7-8,14H2,1-3H3. The second-order valence-electron chi connectivity index (χ2n) is 4.73. The Labute approximate surface area is 112 Å². The molecule has 0 saturated heterocycles. The fourth-order valence-corrected chi connectivity index (χ4v) is 1.95. The van der Waals surface area contributed by atoms with Crippen molar-refractivity contribution in [1.82, 2.24) is 20.2 Å². The summed E-state index contributed by atoms with van der Waals surface area (Å²) >= 11 is 0. The Hall–Kier alpha value is -1.95. The molecular formula is C13H19N5O. The number of hydrogen-bond donors (Lipinski definition) is 1. The molecule has 0 radical (unpaired) electrons. The van der Waals surface area contributed by atoms with Crippen LogP contribution in [0.2, 0.25) is 0 Å². The highest BCUT2D eigenvalue weighted by Gasteiger charge is 2.10. The van der Waals surface area contributed by atoms with Crippen molar-refractivity contribution in [2.45, 2.75) is 32.9 Å². The first-order valence-corrected chi connectivity index (χ1v) is 6.26. The van der Waals surface area contributed by atoms with Gasteiger partial charge in [0.2, 0.25) is 5.82 Å². The number of aromatic nitrogens is 4. The van der Waals surface area contributed by atoms with Crippen LogP contribution >= 0.6 is 0 Å². The number of nitrogens with two attached hydrogens (primary N) is 1. The first kappa shape index (κ1) is 13.5. The average molecular weight is 261 g/mol. The fourth-order valence-electron chi connectivity index (χ4n) is 1.95. The minimum absolute atomic E-state index is 0.0961. The lowest BCUT2D eigenvalue weighted by Gasteiger charge is -2.14. The lowest BCUT2D eigenvalue weighted by atomic mass is 10.0. The molecule has 19 heavy (non-hydrogen) atoms. The maximum Gasteiger partial charge on any atom is 0.212 e. The summed E-state index contributed by atoms with van der Waals surface area (Å²) in [6.07, 6.45) is 0.783. The maximum atomic E-state index is 5.86. The van der Waals surface area contributed by atoms with Gasteiger partial charge in [0.1, 0.15) is 5.75 Å². The summed E-state index contributed by atoms with van der Waals surface area (Å²) in [6.45, 7) is 4.31. The molecular weight excluding hydrogens is 242 g/mol. The number of nitrogens with zero attached hydrogens (tertiary/aromatic N) is 4. The van der Waals surface area contributed by atoms with E-state index in [0.717, 1.165) is 23.3 Å². The van der Waals surface area contributed by atoms with Gasteiger partial charge in [0.25, 0.3) is 0 Å². The van der Waals surface area contributed by atoms with Crippen LogP contribution in [0.5, 0.6) is 5.75 Å². The van der Waals surface area contributed by atoms with Gasteiger partial charge in [0.15, 0.2) is 6.61 Å². The van der Waals surface area contributed by atoms with Gasteiger partial charge in [-0.1, -0.05) is 18.2 Å². The Morgan fingerprint density at radius 1 is 1.42 bits per heavy atom. The molecule has 1 atom stereocenters. The fraction of sp³-hybridized carbons (Fsp3) is 0.462. The summed E-state index contributed by atoms with van der Waals surface area (Å²) in [6, 6.07) is 6.17. The SMILES string of the molecule is Cc1cccc(CC(C)N)c1OCc1nnn(C)n1. The van der Waals surface area contributed by atoms with Crippen LogP contribution in [0.3, 0.4) is 0 Å². The third kappa shape index (κ3) is 3.51. The van der Waals surface area contributed by atoms with Gasteiger partial charge in [-0.2, -0.15) is 4.80 Å². The lowest BCUT2D eigenvalue weighted by Crippen LogP contribution is -2.18. The number of tetrazole rings is 1. The largest absolute Gasteiger partial charge is 0.485 e. The summed E-state index contributed by atoms with van der Waals surface area (Å²) in [5.74, 6) is 1.43.